The van der Waals surface area contributed by atoms with Crippen LogP contribution in [0.2, 0.25) is 0 Å². The molecule has 0 unspecified atom stereocenters. The summed E-state index contributed by atoms with van der Waals surface area (Å²) in [4.78, 5) is 19.5. The van der Waals surface area contributed by atoms with Gasteiger partial charge in [-0.15, -0.1) is 0 Å². The molecule has 1 aromatic carbocycles. The number of rotatable bonds is 6. The van der Waals surface area contributed by atoms with E-state index >= 15 is 0 Å². The topological polar surface area (TPSA) is 128 Å². The quantitative estimate of drug-likeness (QED) is 0.456. The Morgan fingerprint density at radius 2 is 1.85 bits per heavy atom. The molecule has 4 aromatic rings. The second-order valence-corrected chi connectivity index (χ2v) is 8.10. The smallest absolute Gasteiger partial charge is 0.338 e. The monoisotopic (exact) mass is 452 g/mol. The fourth-order valence-electron chi connectivity index (χ4n) is 4.13. The molecular weight excluding hydrogens is 431 g/mol. The van der Waals surface area contributed by atoms with Gasteiger partial charge in [0.15, 0.2) is 0 Å². The molecule has 0 spiro atoms. The second-order valence-electron chi connectivity index (χ2n) is 8.10. The molecule has 0 atom stereocenters. The molecule has 170 valence electrons. The van der Waals surface area contributed by atoms with Crippen molar-refractivity contribution in [1.29, 1.82) is 0 Å². The minimum atomic E-state index is -1.11. The molecule has 0 bridgehead atoms. The molecule has 1 aliphatic rings. The SMILES string of the molecule is O=C(O)c1cnn(-c2nc(O)c3c(cnn3C[C@H]3CC[C@@H](Oc4ccc(F)cc4)CC3)n2)c1. The first-order valence-electron chi connectivity index (χ1n) is 10.6. The van der Waals surface area contributed by atoms with Crippen LogP contribution in [0, 0.1) is 11.7 Å². The number of aromatic carboxylic acids is 1. The summed E-state index contributed by atoms with van der Waals surface area (Å²) < 4.78 is 21.9. The van der Waals surface area contributed by atoms with Crippen molar-refractivity contribution in [3.05, 3.63) is 54.2 Å². The van der Waals surface area contributed by atoms with Crippen LogP contribution in [0.25, 0.3) is 17.0 Å². The minimum absolute atomic E-state index is 0.00658. The average molecular weight is 452 g/mol. The van der Waals surface area contributed by atoms with Gasteiger partial charge in [-0.3, -0.25) is 4.68 Å². The predicted octanol–water partition coefficient (Wildman–Crippen LogP) is 3.19. The highest BCUT2D eigenvalue weighted by molar-refractivity contribution is 5.87. The summed E-state index contributed by atoms with van der Waals surface area (Å²) in [5.74, 6) is -0.560. The molecule has 5 rings (SSSR count). The molecule has 3 heterocycles. The molecule has 10 nitrogen and oxygen atoms in total. The van der Waals surface area contributed by atoms with Gasteiger partial charge < -0.3 is 14.9 Å². The molecule has 3 aromatic heterocycles. The van der Waals surface area contributed by atoms with Gasteiger partial charge in [0.25, 0.3) is 5.95 Å². The molecule has 0 saturated heterocycles. The Labute approximate surface area is 187 Å². The van der Waals surface area contributed by atoms with Crippen molar-refractivity contribution in [2.75, 3.05) is 0 Å². The normalized spacial score (nSPS) is 18.5. The van der Waals surface area contributed by atoms with Crippen LogP contribution in [0.1, 0.15) is 36.0 Å². The van der Waals surface area contributed by atoms with Crippen LogP contribution < -0.4 is 4.74 Å². The highest BCUT2D eigenvalue weighted by Crippen LogP contribution is 2.30. The molecule has 1 fully saturated rings. The third kappa shape index (κ3) is 4.34. The lowest BCUT2D eigenvalue weighted by Crippen LogP contribution is -2.26. The van der Waals surface area contributed by atoms with Gasteiger partial charge in [0.1, 0.15) is 22.6 Å². The Morgan fingerprint density at radius 3 is 2.55 bits per heavy atom. The van der Waals surface area contributed by atoms with E-state index < -0.39 is 5.97 Å². The van der Waals surface area contributed by atoms with Crippen molar-refractivity contribution < 1.29 is 24.1 Å². The first-order chi connectivity index (χ1) is 16.0. The largest absolute Gasteiger partial charge is 0.492 e. The third-order valence-corrected chi connectivity index (χ3v) is 5.83. The summed E-state index contributed by atoms with van der Waals surface area (Å²) in [5, 5.41) is 27.9. The van der Waals surface area contributed by atoms with Crippen molar-refractivity contribution >= 4 is 17.0 Å². The van der Waals surface area contributed by atoms with E-state index in [9.17, 15) is 14.3 Å². The molecule has 2 N–H and O–H groups in total. The van der Waals surface area contributed by atoms with Crippen molar-refractivity contribution in [2.24, 2.45) is 5.92 Å². The predicted molar refractivity (Wildman–Crippen MR) is 114 cm³/mol. The van der Waals surface area contributed by atoms with Crippen LogP contribution in [-0.4, -0.2) is 51.8 Å². The zero-order valence-electron chi connectivity index (χ0n) is 17.5. The number of carboxylic acids is 1. The number of aromatic nitrogens is 6. The fraction of sp³-hybridized carbons (Fsp3) is 0.318. The molecule has 0 amide bonds. The van der Waals surface area contributed by atoms with Gasteiger partial charge in [-0.2, -0.15) is 15.2 Å². The number of aromatic hydroxyl groups is 1. The zero-order valence-corrected chi connectivity index (χ0v) is 17.5. The summed E-state index contributed by atoms with van der Waals surface area (Å²) in [6.07, 6.45) is 7.71. The summed E-state index contributed by atoms with van der Waals surface area (Å²) in [6.45, 7) is 0.605. The van der Waals surface area contributed by atoms with Gasteiger partial charge in [0.05, 0.1) is 24.1 Å². The van der Waals surface area contributed by atoms with Gasteiger partial charge in [-0.1, -0.05) is 0 Å². The van der Waals surface area contributed by atoms with E-state index in [2.05, 4.69) is 20.2 Å². The first-order valence-corrected chi connectivity index (χ1v) is 10.6. The van der Waals surface area contributed by atoms with E-state index in [1.807, 2.05) is 0 Å². The second kappa shape index (κ2) is 8.49. The van der Waals surface area contributed by atoms with Crippen LogP contribution in [0.4, 0.5) is 4.39 Å². The van der Waals surface area contributed by atoms with Gasteiger partial charge in [-0.25, -0.2) is 18.9 Å². The number of hydrogen-bond acceptors (Lipinski definition) is 7. The molecular formula is C22H21FN6O4. The van der Waals surface area contributed by atoms with E-state index in [0.29, 0.717) is 29.2 Å². The number of benzene rings is 1. The Hall–Kier alpha value is -4.02. The molecule has 1 saturated carbocycles. The minimum Gasteiger partial charge on any atom is -0.492 e. The van der Waals surface area contributed by atoms with Crippen molar-refractivity contribution in [1.82, 2.24) is 29.5 Å². The fourth-order valence-corrected chi connectivity index (χ4v) is 4.13. The maximum Gasteiger partial charge on any atom is 0.338 e. The van der Waals surface area contributed by atoms with Gasteiger partial charge in [0.2, 0.25) is 5.88 Å². The van der Waals surface area contributed by atoms with Crippen molar-refractivity contribution in [3.63, 3.8) is 0 Å². The lowest BCUT2D eigenvalue weighted by atomic mass is 9.87. The van der Waals surface area contributed by atoms with Crippen molar-refractivity contribution in [3.8, 4) is 17.6 Å². The zero-order chi connectivity index (χ0) is 22.9. The van der Waals surface area contributed by atoms with Crippen LogP contribution in [0.15, 0.2) is 42.9 Å². The molecule has 33 heavy (non-hydrogen) atoms. The van der Waals surface area contributed by atoms with Gasteiger partial charge >= 0.3 is 5.97 Å². The number of nitrogens with zero attached hydrogens (tertiary/aromatic N) is 6. The molecule has 1 aliphatic carbocycles. The molecule has 11 heteroatoms. The number of fused-ring (bicyclic) bond motifs is 1. The highest BCUT2D eigenvalue weighted by Gasteiger charge is 2.24. The lowest BCUT2D eigenvalue weighted by molar-refractivity contribution is 0.0697. The van der Waals surface area contributed by atoms with E-state index in [0.717, 1.165) is 25.7 Å². The van der Waals surface area contributed by atoms with Gasteiger partial charge in [-0.05, 0) is 55.9 Å². The number of carbonyl (C=O) groups is 1. The van der Waals surface area contributed by atoms with Crippen LogP contribution in [0.3, 0.4) is 0 Å². The summed E-state index contributed by atoms with van der Waals surface area (Å²) in [7, 11) is 0. The van der Waals surface area contributed by atoms with E-state index in [1.165, 1.54) is 29.2 Å². The standard InChI is InChI=1S/C22H21FN6O4/c23-15-3-7-17(8-4-15)33-16-5-1-13(2-6-16)11-28-19-18(10-25-28)26-22(27-20(19)30)29-12-14(9-24-29)21(31)32/h3-4,7-10,12-13,16H,1-2,5-6,11H2,(H,31,32)(H,26,27,30)/t13-,16+. The number of hydrogen-bond donors (Lipinski definition) is 2. The van der Waals surface area contributed by atoms with E-state index in [1.54, 1.807) is 23.0 Å². The Morgan fingerprint density at radius 1 is 1.09 bits per heavy atom. The first kappa shape index (κ1) is 20.9. The summed E-state index contributed by atoms with van der Waals surface area (Å²) in [6, 6.07) is 6.06. The van der Waals surface area contributed by atoms with E-state index in [-0.39, 0.29) is 29.3 Å². The number of carboxylic acid groups (broad SMARTS) is 1. The molecule has 0 aliphatic heterocycles. The highest BCUT2D eigenvalue weighted by atomic mass is 19.1. The van der Waals surface area contributed by atoms with E-state index in [4.69, 9.17) is 9.84 Å². The van der Waals surface area contributed by atoms with Crippen molar-refractivity contribution in [2.45, 2.75) is 38.3 Å². The molecule has 0 radical (unpaired) electrons. The Bertz CT molecular complexity index is 1290. The number of halogens is 1. The average Bonchev–Trinajstić information content (AvgIpc) is 3.45. The number of ether oxygens (including phenoxy) is 1. The summed E-state index contributed by atoms with van der Waals surface area (Å²) in [5.41, 5.74) is 0.861. The van der Waals surface area contributed by atoms with Crippen LogP contribution in [-0.2, 0) is 6.54 Å². The maximum atomic E-state index is 13.1. The van der Waals surface area contributed by atoms with Gasteiger partial charge in [0, 0.05) is 12.7 Å². The Kier molecular flexibility index (Phi) is 5.37. The summed E-state index contributed by atoms with van der Waals surface area (Å²) >= 11 is 0. The van der Waals surface area contributed by atoms with Crippen LogP contribution >= 0.6 is 0 Å². The van der Waals surface area contributed by atoms with Crippen LogP contribution in [0.5, 0.6) is 11.6 Å². The maximum absolute atomic E-state index is 13.1. The lowest BCUT2D eigenvalue weighted by Gasteiger charge is -2.29. The Balaban J connectivity index is 1.26. The third-order valence-electron chi connectivity index (χ3n) is 5.83.